The van der Waals surface area contributed by atoms with Crippen molar-refractivity contribution in [2.45, 2.75) is 37.6 Å². The van der Waals surface area contributed by atoms with Crippen molar-refractivity contribution in [3.63, 3.8) is 0 Å². The predicted octanol–water partition coefficient (Wildman–Crippen LogP) is 1.26. The minimum Gasteiger partial charge on any atom is -0.493 e. The zero-order chi connectivity index (χ0) is 20.4. The molecule has 152 valence electrons. The van der Waals surface area contributed by atoms with E-state index in [9.17, 15) is 18.0 Å². The quantitative estimate of drug-likeness (QED) is 0.549. The van der Waals surface area contributed by atoms with Gasteiger partial charge in [-0.3, -0.25) is 9.59 Å². The van der Waals surface area contributed by atoms with Crippen molar-refractivity contribution in [2.75, 3.05) is 27.4 Å². The van der Waals surface area contributed by atoms with E-state index in [2.05, 4.69) is 4.72 Å². The average molecular weight is 403 g/mol. The van der Waals surface area contributed by atoms with E-state index in [1.165, 1.54) is 32.4 Å². The van der Waals surface area contributed by atoms with E-state index < -0.39 is 28.0 Å². The Morgan fingerprint density at radius 1 is 1.04 bits per heavy atom. The molecule has 1 atom stereocenters. The molecule has 0 aromatic heterocycles. The zero-order valence-electron chi connectivity index (χ0n) is 15.8. The van der Waals surface area contributed by atoms with Gasteiger partial charge < -0.3 is 18.9 Å². The van der Waals surface area contributed by atoms with Crippen LogP contribution in [-0.4, -0.2) is 53.8 Å². The highest BCUT2D eigenvalue weighted by molar-refractivity contribution is 7.89. The molecule has 1 unspecified atom stereocenters. The normalized spacial score (nSPS) is 12.1. The van der Waals surface area contributed by atoms with Crippen LogP contribution in [0.2, 0.25) is 0 Å². The Bertz CT molecular complexity index is 747. The smallest absolute Gasteiger partial charge is 0.324 e. The van der Waals surface area contributed by atoms with Gasteiger partial charge in [0.2, 0.25) is 10.0 Å². The van der Waals surface area contributed by atoms with Gasteiger partial charge in [0.1, 0.15) is 6.04 Å². The molecule has 0 spiro atoms. The number of nitrogens with one attached hydrogen (secondary N) is 1. The lowest BCUT2D eigenvalue weighted by atomic mass is 10.2. The van der Waals surface area contributed by atoms with E-state index in [0.717, 1.165) is 0 Å². The summed E-state index contributed by atoms with van der Waals surface area (Å²) in [6, 6.07) is 2.80. The largest absolute Gasteiger partial charge is 0.493 e. The number of ether oxygens (including phenoxy) is 4. The second kappa shape index (κ2) is 10.7. The van der Waals surface area contributed by atoms with Crippen LogP contribution in [-0.2, 0) is 29.1 Å². The molecule has 0 heterocycles. The van der Waals surface area contributed by atoms with Crippen LogP contribution in [0.4, 0.5) is 0 Å². The third kappa shape index (κ3) is 6.72. The molecule has 9 nitrogen and oxygen atoms in total. The van der Waals surface area contributed by atoms with Crippen molar-refractivity contribution in [1.82, 2.24) is 4.72 Å². The minimum absolute atomic E-state index is 0.0762. The number of esters is 2. The maximum absolute atomic E-state index is 12.7. The number of rotatable bonds is 11. The van der Waals surface area contributed by atoms with Crippen LogP contribution in [0.15, 0.2) is 23.1 Å². The Kier molecular flexibility index (Phi) is 9.03. The fourth-order valence-electron chi connectivity index (χ4n) is 2.20. The molecular formula is C17H25NO8S. The summed E-state index contributed by atoms with van der Waals surface area (Å²) in [5, 5.41) is 0. The fourth-order valence-corrected chi connectivity index (χ4v) is 3.44. The predicted molar refractivity (Wildman–Crippen MR) is 96.2 cm³/mol. The van der Waals surface area contributed by atoms with Crippen LogP contribution < -0.4 is 14.2 Å². The molecule has 1 rings (SSSR count). The second-order valence-electron chi connectivity index (χ2n) is 5.29. The van der Waals surface area contributed by atoms with Crippen LogP contribution >= 0.6 is 0 Å². The molecule has 27 heavy (non-hydrogen) atoms. The highest BCUT2D eigenvalue weighted by Gasteiger charge is 2.28. The number of benzene rings is 1. The topological polar surface area (TPSA) is 117 Å². The van der Waals surface area contributed by atoms with Gasteiger partial charge in [-0.15, -0.1) is 0 Å². The number of hydrogen-bond donors (Lipinski definition) is 1. The van der Waals surface area contributed by atoms with E-state index in [1.807, 2.05) is 0 Å². The first-order valence-corrected chi connectivity index (χ1v) is 9.83. The third-order valence-corrected chi connectivity index (χ3v) is 4.95. The van der Waals surface area contributed by atoms with Crippen molar-refractivity contribution in [2.24, 2.45) is 0 Å². The van der Waals surface area contributed by atoms with Crippen LogP contribution in [0, 0.1) is 0 Å². The summed E-state index contributed by atoms with van der Waals surface area (Å²) in [4.78, 5) is 23.5. The van der Waals surface area contributed by atoms with Crippen molar-refractivity contribution in [1.29, 1.82) is 0 Å². The molecule has 1 aromatic carbocycles. The molecule has 0 amide bonds. The number of carbonyl (C=O) groups is 2. The minimum atomic E-state index is -4.08. The Hall–Kier alpha value is -2.33. The summed E-state index contributed by atoms with van der Waals surface area (Å²) in [6.07, 6.45) is -0.226. The summed E-state index contributed by atoms with van der Waals surface area (Å²) in [6.45, 7) is 3.52. The summed E-state index contributed by atoms with van der Waals surface area (Å²) >= 11 is 0. The number of methoxy groups -OCH3 is 2. The number of sulfonamides is 1. The first-order chi connectivity index (χ1) is 12.8. The van der Waals surface area contributed by atoms with Crippen molar-refractivity contribution < 1.29 is 37.0 Å². The van der Waals surface area contributed by atoms with Crippen molar-refractivity contribution in [3.8, 4) is 11.5 Å². The number of hydrogen-bond acceptors (Lipinski definition) is 8. The van der Waals surface area contributed by atoms with Gasteiger partial charge in [0, 0.05) is 12.5 Å². The average Bonchev–Trinajstić information content (AvgIpc) is 2.64. The summed E-state index contributed by atoms with van der Waals surface area (Å²) in [5.41, 5.74) is 0. The van der Waals surface area contributed by atoms with E-state index >= 15 is 0 Å². The second-order valence-corrected chi connectivity index (χ2v) is 7.00. The maximum Gasteiger partial charge on any atom is 0.324 e. The molecule has 0 aliphatic carbocycles. The molecule has 0 fully saturated rings. The fraction of sp³-hybridized carbons (Fsp3) is 0.529. The highest BCUT2D eigenvalue weighted by Crippen LogP contribution is 2.29. The van der Waals surface area contributed by atoms with Gasteiger partial charge in [-0.2, -0.15) is 4.72 Å². The Morgan fingerprint density at radius 2 is 1.67 bits per heavy atom. The van der Waals surface area contributed by atoms with Crippen LogP contribution in [0.3, 0.4) is 0 Å². The van der Waals surface area contributed by atoms with Crippen LogP contribution in [0.25, 0.3) is 0 Å². The highest BCUT2D eigenvalue weighted by atomic mass is 32.2. The van der Waals surface area contributed by atoms with Gasteiger partial charge in [-0.25, -0.2) is 8.42 Å². The Morgan fingerprint density at radius 3 is 2.22 bits per heavy atom. The lowest BCUT2D eigenvalue weighted by molar-refractivity contribution is -0.146. The first-order valence-electron chi connectivity index (χ1n) is 8.35. The molecule has 0 aliphatic heterocycles. The van der Waals surface area contributed by atoms with E-state index in [0.29, 0.717) is 5.75 Å². The van der Waals surface area contributed by atoms with Crippen LogP contribution in [0.1, 0.15) is 26.7 Å². The Labute approximate surface area is 159 Å². The van der Waals surface area contributed by atoms with Gasteiger partial charge in [-0.1, -0.05) is 0 Å². The van der Waals surface area contributed by atoms with E-state index in [4.69, 9.17) is 18.9 Å². The molecule has 0 aliphatic rings. The summed E-state index contributed by atoms with van der Waals surface area (Å²) in [5.74, 6) is -0.719. The third-order valence-electron chi connectivity index (χ3n) is 3.48. The summed E-state index contributed by atoms with van der Waals surface area (Å²) < 4.78 is 47.5. The molecule has 0 saturated carbocycles. The molecule has 1 N–H and O–H groups in total. The number of carbonyl (C=O) groups excluding carboxylic acids is 2. The van der Waals surface area contributed by atoms with E-state index in [1.54, 1.807) is 13.8 Å². The van der Waals surface area contributed by atoms with Crippen molar-refractivity contribution in [3.05, 3.63) is 18.2 Å². The molecule has 1 aromatic rings. The molecular weight excluding hydrogens is 378 g/mol. The van der Waals surface area contributed by atoms with Gasteiger partial charge in [0.15, 0.2) is 11.5 Å². The SMILES string of the molecule is CCOC(=O)CCC(NS(=O)(=O)c1ccc(OC)c(OC)c1)C(=O)OCC. The van der Waals surface area contributed by atoms with Gasteiger partial charge in [-0.05, 0) is 32.4 Å². The lowest BCUT2D eigenvalue weighted by Gasteiger charge is -2.17. The van der Waals surface area contributed by atoms with Gasteiger partial charge >= 0.3 is 11.9 Å². The molecule has 0 saturated heterocycles. The van der Waals surface area contributed by atoms with Crippen molar-refractivity contribution >= 4 is 22.0 Å². The molecule has 0 radical (unpaired) electrons. The first kappa shape index (κ1) is 22.7. The lowest BCUT2D eigenvalue weighted by Crippen LogP contribution is -2.42. The van der Waals surface area contributed by atoms with Gasteiger partial charge in [0.05, 0.1) is 32.3 Å². The van der Waals surface area contributed by atoms with Gasteiger partial charge in [0.25, 0.3) is 0 Å². The summed E-state index contributed by atoms with van der Waals surface area (Å²) in [7, 11) is -1.27. The zero-order valence-corrected chi connectivity index (χ0v) is 16.6. The standard InChI is InChI=1S/C17H25NO8S/c1-5-25-16(19)10-8-13(17(20)26-6-2)18-27(21,22)12-7-9-14(23-3)15(11-12)24-4/h7,9,11,13,18H,5-6,8,10H2,1-4H3. The van der Waals surface area contributed by atoms with E-state index in [-0.39, 0.29) is 36.7 Å². The maximum atomic E-state index is 12.7. The monoisotopic (exact) mass is 403 g/mol. The molecule has 10 heteroatoms. The van der Waals surface area contributed by atoms with Crippen LogP contribution in [0.5, 0.6) is 11.5 Å². The molecule has 0 bridgehead atoms. The Balaban J connectivity index is 3.03.